The molecule has 0 saturated carbocycles. The summed E-state index contributed by atoms with van der Waals surface area (Å²) in [5.74, 6) is 0.632. The summed E-state index contributed by atoms with van der Waals surface area (Å²) in [4.78, 5) is 18.0. The third-order valence-electron chi connectivity index (χ3n) is 3.88. The minimum atomic E-state index is 0. The first kappa shape index (κ1) is 22.0. The summed E-state index contributed by atoms with van der Waals surface area (Å²) in [5, 5.41) is 6.42. The minimum Gasteiger partial charge on any atom is -0.352 e. The van der Waals surface area contributed by atoms with Crippen molar-refractivity contribution in [3.05, 3.63) is 71.3 Å². The van der Waals surface area contributed by atoms with E-state index >= 15 is 0 Å². The Bertz CT molecular complexity index is 717. The van der Waals surface area contributed by atoms with Crippen molar-refractivity contribution in [3.8, 4) is 0 Å². The fraction of sp³-hybridized carbons (Fsp3) is 0.300. The molecule has 0 aliphatic carbocycles. The number of carbonyl (C=O) groups is 1. The average Bonchev–Trinajstić information content (AvgIpc) is 2.62. The minimum absolute atomic E-state index is 0. The van der Waals surface area contributed by atoms with Crippen LogP contribution in [0.4, 0.5) is 0 Å². The first-order valence-corrected chi connectivity index (χ1v) is 8.37. The van der Waals surface area contributed by atoms with Gasteiger partial charge in [-0.1, -0.05) is 54.6 Å². The highest BCUT2D eigenvalue weighted by atomic mass is 127. The van der Waals surface area contributed by atoms with E-state index in [1.807, 2.05) is 42.5 Å². The average molecular weight is 466 g/mol. The molecule has 5 nitrogen and oxygen atoms in total. The number of nitrogens with zero attached hydrogens (tertiary/aromatic N) is 2. The second kappa shape index (κ2) is 11.5. The van der Waals surface area contributed by atoms with Gasteiger partial charge in [-0.15, -0.1) is 24.0 Å². The second-order valence-corrected chi connectivity index (χ2v) is 6.07. The van der Waals surface area contributed by atoms with Crippen molar-refractivity contribution in [1.82, 2.24) is 15.5 Å². The van der Waals surface area contributed by atoms with Gasteiger partial charge in [0.1, 0.15) is 0 Å². The molecule has 0 aliphatic heterocycles. The Balaban J connectivity index is 0.00000338. The lowest BCUT2D eigenvalue weighted by Crippen LogP contribution is -2.42. The van der Waals surface area contributed by atoms with Gasteiger partial charge in [-0.25, -0.2) is 4.99 Å². The number of benzene rings is 2. The summed E-state index contributed by atoms with van der Waals surface area (Å²) in [5.41, 5.74) is 3.55. The molecule has 0 heterocycles. The van der Waals surface area contributed by atoms with Crippen LogP contribution in [-0.2, 0) is 17.9 Å². The molecular weight excluding hydrogens is 439 g/mol. The maximum absolute atomic E-state index is 11.8. The molecule has 0 aliphatic rings. The van der Waals surface area contributed by atoms with Crippen LogP contribution >= 0.6 is 24.0 Å². The summed E-state index contributed by atoms with van der Waals surface area (Å²) in [6, 6.07) is 18.3. The normalized spacial score (nSPS) is 10.7. The predicted molar refractivity (Wildman–Crippen MR) is 118 cm³/mol. The third-order valence-corrected chi connectivity index (χ3v) is 3.88. The van der Waals surface area contributed by atoms with Gasteiger partial charge in [-0.05, 0) is 23.6 Å². The quantitative estimate of drug-likeness (QED) is 0.391. The van der Waals surface area contributed by atoms with Gasteiger partial charge in [-0.2, -0.15) is 0 Å². The summed E-state index contributed by atoms with van der Waals surface area (Å²) in [6.07, 6.45) is 0. The number of rotatable bonds is 6. The summed E-state index contributed by atoms with van der Waals surface area (Å²) >= 11 is 0. The second-order valence-electron chi connectivity index (χ2n) is 6.07. The number of aryl methyl sites for hydroxylation is 1. The molecular formula is C20H27IN4O. The van der Waals surface area contributed by atoms with Crippen LogP contribution < -0.4 is 10.6 Å². The van der Waals surface area contributed by atoms with Crippen molar-refractivity contribution in [2.75, 3.05) is 20.6 Å². The Kier molecular flexibility index (Phi) is 9.72. The third kappa shape index (κ3) is 7.43. The smallest absolute Gasteiger partial charge is 0.241 e. The van der Waals surface area contributed by atoms with Gasteiger partial charge in [0.15, 0.2) is 5.96 Å². The Morgan fingerprint density at radius 1 is 1.00 bits per heavy atom. The maximum atomic E-state index is 11.8. The van der Waals surface area contributed by atoms with Gasteiger partial charge in [0.2, 0.25) is 5.91 Å². The van der Waals surface area contributed by atoms with E-state index in [0.717, 1.165) is 5.56 Å². The van der Waals surface area contributed by atoms with Crippen LogP contribution in [0.3, 0.4) is 0 Å². The van der Waals surface area contributed by atoms with Crippen molar-refractivity contribution in [1.29, 1.82) is 0 Å². The van der Waals surface area contributed by atoms with E-state index in [0.29, 0.717) is 19.0 Å². The highest BCUT2D eigenvalue weighted by Gasteiger charge is 2.06. The molecule has 2 aromatic rings. The van der Waals surface area contributed by atoms with Crippen LogP contribution in [0.1, 0.15) is 16.7 Å². The highest BCUT2D eigenvalue weighted by Crippen LogP contribution is 2.06. The standard InChI is InChI=1S/C20H26N4O.HI/c1-16-9-7-8-12-18(16)14-22-20(23-15-19(25)24(2)3)21-13-17-10-5-4-6-11-17;/h4-12H,13-15H2,1-3H3,(H2,21,22,23);1H. The van der Waals surface area contributed by atoms with Gasteiger partial charge in [-0.3, -0.25) is 4.79 Å². The maximum Gasteiger partial charge on any atom is 0.241 e. The predicted octanol–water partition coefficient (Wildman–Crippen LogP) is 2.94. The zero-order valence-corrected chi connectivity index (χ0v) is 17.9. The number of aliphatic imine (C=N–C) groups is 1. The summed E-state index contributed by atoms with van der Waals surface area (Å²) in [7, 11) is 3.48. The molecule has 0 aromatic heterocycles. The van der Waals surface area contributed by atoms with Gasteiger partial charge in [0, 0.05) is 20.6 Å². The molecule has 140 valence electrons. The van der Waals surface area contributed by atoms with Crippen LogP contribution in [0.25, 0.3) is 0 Å². The lowest BCUT2D eigenvalue weighted by atomic mass is 10.1. The monoisotopic (exact) mass is 466 g/mol. The zero-order valence-electron chi connectivity index (χ0n) is 15.5. The van der Waals surface area contributed by atoms with E-state index < -0.39 is 0 Å². The molecule has 1 amide bonds. The Hall–Kier alpha value is -2.09. The molecule has 0 bridgehead atoms. The number of amides is 1. The SMILES string of the molecule is Cc1ccccc1CNC(=NCc1ccccc1)NCC(=O)N(C)C.I. The first-order valence-electron chi connectivity index (χ1n) is 8.37. The molecule has 2 aromatic carbocycles. The topological polar surface area (TPSA) is 56.7 Å². The largest absolute Gasteiger partial charge is 0.352 e. The van der Waals surface area contributed by atoms with Gasteiger partial charge in [0.25, 0.3) is 0 Å². The molecule has 0 fully saturated rings. The Morgan fingerprint density at radius 2 is 1.65 bits per heavy atom. The van der Waals surface area contributed by atoms with Gasteiger partial charge >= 0.3 is 0 Å². The molecule has 2 N–H and O–H groups in total. The molecule has 0 unspecified atom stereocenters. The first-order chi connectivity index (χ1) is 12.1. The van der Waals surface area contributed by atoms with Crippen LogP contribution in [0.5, 0.6) is 0 Å². The molecule has 0 saturated heterocycles. The molecule has 2 rings (SSSR count). The Labute approximate surface area is 172 Å². The van der Waals surface area contributed by atoms with Crippen LogP contribution in [0.15, 0.2) is 59.6 Å². The van der Waals surface area contributed by atoms with Crippen LogP contribution in [0, 0.1) is 6.92 Å². The number of likely N-dealkylation sites (N-methyl/N-ethyl adjacent to an activating group) is 1. The molecule has 26 heavy (non-hydrogen) atoms. The number of hydrogen-bond acceptors (Lipinski definition) is 2. The van der Waals surface area contributed by atoms with E-state index in [2.05, 4.69) is 34.7 Å². The van der Waals surface area contributed by atoms with Crippen molar-refractivity contribution < 1.29 is 4.79 Å². The van der Waals surface area contributed by atoms with E-state index in [4.69, 9.17) is 0 Å². The van der Waals surface area contributed by atoms with Gasteiger partial charge in [0.05, 0.1) is 13.1 Å². The molecule has 0 atom stereocenters. The van der Waals surface area contributed by atoms with E-state index in [9.17, 15) is 4.79 Å². The number of guanidine groups is 1. The van der Waals surface area contributed by atoms with E-state index in [1.54, 1.807) is 19.0 Å². The molecule has 6 heteroatoms. The fourth-order valence-corrected chi connectivity index (χ4v) is 2.23. The Morgan fingerprint density at radius 3 is 2.31 bits per heavy atom. The van der Waals surface area contributed by atoms with Crippen molar-refractivity contribution in [2.45, 2.75) is 20.0 Å². The number of hydrogen-bond donors (Lipinski definition) is 2. The van der Waals surface area contributed by atoms with Gasteiger partial charge < -0.3 is 15.5 Å². The van der Waals surface area contributed by atoms with Crippen molar-refractivity contribution >= 4 is 35.8 Å². The van der Waals surface area contributed by atoms with Crippen LogP contribution in [0.2, 0.25) is 0 Å². The zero-order chi connectivity index (χ0) is 18.1. The van der Waals surface area contributed by atoms with E-state index in [1.165, 1.54) is 11.1 Å². The lowest BCUT2D eigenvalue weighted by molar-refractivity contribution is -0.127. The van der Waals surface area contributed by atoms with Crippen LogP contribution in [-0.4, -0.2) is 37.4 Å². The fourth-order valence-electron chi connectivity index (χ4n) is 2.23. The summed E-state index contributed by atoms with van der Waals surface area (Å²) < 4.78 is 0. The van der Waals surface area contributed by atoms with Crippen molar-refractivity contribution in [3.63, 3.8) is 0 Å². The van der Waals surface area contributed by atoms with Crippen molar-refractivity contribution in [2.24, 2.45) is 4.99 Å². The summed E-state index contributed by atoms with van der Waals surface area (Å²) in [6.45, 7) is 3.51. The number of carbonyl (C=O) groups excluding carboxylic acids is 1. The lowest BCUT2D eigenvalue weighted by Gasteiger charge is -2.15. The number of nitrogens with one attached hydrogen (secondary N) is 2. The highest BCUT2D eigenvalue weighted by molar-refractivity contribution is 14.0. The number of halogens is 1. The van der Waals surface area contributed by atoms with E-state index in [-0.39, 0.29) is 36.4 Å². The molecule has 0 radical (unpaired) electrons. The molecule has 0 spiro atoms.